The minimum Gasteiger partial charge on any atom is -0.495 e. The van der Waals surface area contributed by atoms with E-state index in [9.17, 15) is 4.79 Å². The van der Waals surface area contributed by atoms with Crippen molar-refractivity contribution in [1.29, 1.82) is 5.26 Å². The van der Waals surface area contributed by atoms with E-state index in [-0.39, 0.29) is 12.6 Å². The molecule has 1 rings (SSSR count). The number of unbranched alkanes of at least 4 members (excludes halogenated alkanes) is 1. The number of benzene rings is 1. The molecule has 5 heteroatoms. The van der Waals surface area contributed by atoms with Gasteiger partial charge in [-0.25, -0.2) is 4.79 Å². The summed E-state index contributed by atoms with van der Waals surface area (Å²) in [4.78, 5) is 13.6. The number of para-hydroxylation sites is 2. The van der Waals surface area contributed by atoms with Gasteiger partial charge in [0.25, 0.3) is 0 Å². The number of hydrogen-bond acceptors (Lipinski definition) is 3. The molecule has 0 aliphatic heterocycles. The second-order valence-corrected chi connectivity index (χ2v) is 4.06. The van der Waals surface area contributed by atoms with E-state index in [4.69, 9.17) is 10.00 Å². The molecular formula is C14H19N3O2. The monoisotopic (exact) mass is 261 g/mol. The third-order valence-electron chi connectivity index (χ3n) is 2.68. The number of anilines is 1. The van der Waals surface area contributed by atoms with Gasteiger partial charge in [-0.1, -0.05) is 25.5 Å². The number of methoxy groups -OCH3 is 1. The van der Waals surface area contributed by atoms with Gasteiger partial charge in [0.05, 0.1) is 18.9 Å². The van der Waals surface area contributed by atoms with Crippen LogP contribution in [0.5, 0.6) is 5.75 Å². The van der Waals surface area contributed by atoms with Gasteiger partial charge in [0.1, 0.15) is 12.3 Å². The molecule has 5 nitrogen and oxygen atoms in total. The van der Waals surface area contributed by atoms with Crippen LogP contribution in [-0.4, -0.2) is 31.1 Å². The maximum absolute atomic E-state index is 12.1. The van der Waals surface area contributed by atoms with Gasteiger partial charge in [0.2, 0.25) is 0 Å². The molecule has 19 heavy (non-hydrogen) atoms. The van der Waals surface area contributed by atoms with Crippen molar-refractivity contribution in [3.63, 3.8) is 0 Å². The maximum Gasteiger partial charge on any atom is 0.322 e. The molecule has 2 amide bonds. The Balaban J connectivity index is 2.72. The lowest BCUT2D eigenvalue weighted by molar-refractivity contribution is 0.217. The minimum absolute atomic E-state index is 0.0843. The van der Waals surface area contributed by atoms with Crippen molar-refractivity contribution in [2.24, 2.45) is 0 Å². The van der Waals surface area contributed by atoms with E-state index in [1.807, 2.05) is 25.1 Å². The fourth-order valence-corrected chi connectivity index (χ4v) is 1.63. The van der Waals surface area contributed by atoms with Gasteiger partial charge in [0.15, 0.2) is 0 Å². The Morgan fingerprint density at radius 2 is 2.21 bits per heavy atom. The van der Waals surface area contributed by atoms with Gasteiger partial charge in [-0.3, -0.25) is 0 Å². The van der Waals surface area contributed by atoms with Crippen molar-refractivity contribution < 1.29 is 9.53 Å². The Morgan fingerprint density at radius 3 is 2.84 bits per heavy atom. The zero-order chi connectivity index (χ0) is 14.1. The van der Waals surface area contributed by atoms with E-state index >= 15 is 0 Å². The first-order valence-corrected chi connectivity index (χ1v) is 6.28. The number of rotatable bonds is 6. The predicted octanol–water partition coefficient (Wildman–Crippen LogP) is 2.85. The smallest absolute Gasteiger partial charge is 0.322 e. The van der Waals surface area contributed by atoms with Crippen LogP contribution in [0, 0.1) is 11.3 Å². The maximum atomic E-state index is 12.1. The quantitative estimate of drug-likeness (QED) is 0.801. The van der Waals surface area contributed by atoms with E-state index in [2.05, 4.69) is 5.32 Å². The molecule has 0 atom stereocenters. The number of ether oxygens (including phenoxy) is 1. The van der Waals surface area contributed by atoms with Crippen LogP contribution in [0.1, 0.15) is 19.8 Å². The molecule has 0 spiro atoms. The van der Waals surface area contributed by atoms with Gasteiger partial charge < -0.3 is 15.0 Å². The molecule has 0 saturated heterocycles. The van der Waals surface area contributed by atoms with Crippen LogP contribution in [0.2, 0.25) is 0 Å². The Hall–Kier alpha value is -2.22. The molecule has 1 aromatic carbocycles. The second-order valence-electron chi connectivity index (χ2n) is 4.06. The van der Waals surface area contributed by atoms with Crippen LogP contribution in [0.4, 0.5) is 10.5 Å². The normalized spacial score (nSPS) is 9.53. The van der Waals surface area contributed by atoms with E-state index in [0.717, 1.165) is 12.8 Å². The molecule has 0 heterocycles. The van der Waals surface area contributed by atoms with Crippen LogP contribution >= 0.6 is 0 Å². The highest BCUT2D eigenvalue weighted by atomic mass is 16.5. The molecule has 0 bridgehead atoms. The molecule has 0 radical (unpaired) electrons. The lowest BCUT2D eigenvalue weighted by Crippen LogP contribution is -2.36. The van der Waals surface area contributed by atoms with Crippen LogP contribution in [0.3, 0.4) is 0 Å². The fourth-order valence-electron chi connectivity index (χ4n) is 1.63. The summed E-state index contributed by atoms with van der Waals surface area (Å²) >= 11 is 0. The Labute approximate surface area is 113 Å². The lowest BCUT2D eigenvalue weighted by Gasteiger charge is -2.20. The van der Waals surface area contributed by atoms with Gasteiger partial charge >= 0.3 is 6.03 Å². The van der Waals surface area contributed by atoms with Crippen molar-refractivity contribution in [3.8, 4) is 11.8 Å². The molecule has 0 aromatic heterocycles. The number of carbonyl (C=O) groups is 1. The second kappa shape index (κ2) is 7.98. The highest BCUT2D eigenvalue weighted by Crippen LogP contribution is 2.23. The fraction of sp³-hybridized carbons (Fsp3) is 0.429. The molecule has 0 unspecified atom stereocenters. The standard InChI is InChI=1S/C14H19N3O2/c1-3-4-10-17(11-9-15)14(18)16-12-7-5-6-8-13(12)19-2/h5-8H,3-4,10-11H2,1-2H3,(H,16,18). The average Bonchev–Trinajstić information content (AvgIpc) is 2.44. The molecular weight excluding hydrogens is 242 g/mol. The van der Waals surface area contributed by atoms with E-state index in [1.54, 1.807) is 19.2 Å². The molecule has 0 aliphatic carbocycles. The van der Waals surface area contributed by atoms with Crippen molar-refractivity contribution in [1.82, 2.24) is 4.90 Å². The largest absolute Gasteiger partial charge is 0.495 e. The Morgan fingerprint density at radius 1 is 1.47 bits per heavy atom. The number of nitrogens with zero attached hydrogens (tertiary/aromatic N) is 2. The number of nitriles is 1. The van der Waals surface area contributed by atoms with E-state index < -0.39 is 0 Å². The highest BCUT2D eigenvalue weighted by Gasteiger charge is 2.14. The predicted molar refractivity (Wildman–Crippen MR) is 74.1 cm³/mol. The van der Waals surface area contributed by atoms with Crippen molar-refractivity contribution in [2.75, 3.05) is 25.5 Å². The van der Waals surface area contributed by atoms with E-state index in [0.29, 0.717) is 18.0 Å². The highest BCUT2D eigenvalue weighted by molar-refractivity contribution is 5.91. The number of urea groups is 1. The first kappa shape index (κ1) is 14.8. The van der Waals surface area contributed by atoms with Gasteiger partial charge in [0, 0.05) is 6.54 Å². The molecule has 1 N–H and O–H groups in total. The third-order valence-corrected chi connectivity index (χ3v) is 2.68. The Kier molecular flexibility index (Phi) is 6.23. The summed E-state index contributed by atoms with van der Waals surface area (Å²) in [6, 6.07) is 8.92. The number of amides is 2. The van der Waals surface area contributed by atoms with Crippen molar-refractivity contribution >= 4 is 11.7 Å². The molecule has 1 aromatic rings. The first-order valence-electron chi connectivity index (χ1n) is 6.28. The zero-order valence-electron chi connectivity index (χ0n) is 11.3. The van der Waals surface area contributed by atoms with Gasteiger partial charge in [-0.15, -0.1) is 0 Å². The summed E-state index contributed by atoms with van der Waals surface area (Å²) < 4.78 is 5.17. The summed E-state index contributed by atoms with van der Waals surface area (Å²) in [5.74, 6) is 0.600. The van der Waals surface area contributed by atoms with Gasteiger partial charge in [-0.05, 0) is 18.6 Å². The zero-order valence-corrected chi connectivity index (χ0v) is 11.3. The van der Waals surface area contributed by atoms with Crippen LogP contribution in [0.25, 0.3) is 0 Å². The SMILES string of the molecule is CCCCN(CC#N)C(=O)Nc1ccccc1OC. The average molecular weight is 261 g/mol. The number of hydrogen-bond donors (Lipinski definition) is 1. The van der Waals surface area contributed by atoms with Crippen LogP contribution in [0.15, 0.2) is 24.3 Å². The lowest BCUT2D eigenvalue weighted by atomic mass is 10.3. The first-order chi connectivity index (χ1) is 9.22. The van der Waals surface area contributed by atoms with Crippen molar-refractivity contribution in [2.45, 2.75) is 19.8 Å². The Bertz CT molecular complexity index is 454. The van der Waals surface area contributed by atoms with Gasteiger partial charge in [-0.2, -0.15) is 5.26 Å². The molecule has 0 aliphatic rings. The van der Waals surface area contributed by atoms with Crippen LogP contribution < -0.4 is 10.1 Å². The number of carbonyl (C=O) groups excluding carboxylic acids is 1. The minimum atomic E-state index is -0.278. The third kappa shape index (κ3) is 4.51. The summed E-state index contributed by atoms with van der Waals surface area (Å²) in [5.41, 5.74) is 0.606. The van der Waals surface area contributed by atoms with Crippen molar-refractivity contribution in [3.05, 3.63) is 24.3 Å². The van der Waals surface area contributed by atoms with E-state index in [1.165, 1.54) is 4.90 Å². The molecule has 102 valence electrons. The summed E-state index contributed by atoms with van der Waals surface area (Å²) in [5, 5.41) is 11.5. The molecule has 0 saturated carbocycles. The number of nitrogens with one attached hydrogen (secondary N) is 1. The topological polar surface area (TPSA) is 65.4 Å². The summed E-state index contributed by atoms with van der Waals surface area (Å²) in [7, 11) is 1.55. The molecule has 0 fully saturated rings. The summed E-state index contributed by atoms with van der Waals surface area (Å²) in [6.07, 6.45) is 1.85. The van der Waals surface area contributed by atoms with Crippen LogP contribution in [-0.2, 0) is 0 Å². The summed E-state index contributed by atoms with van der Waals surface area (Å²) in [6.45, 7) is 2.70.